The number of carbonyl (C=O) groups is 3. The molecule has 0 unspecified atom stereocenters. The number of benzene rings is 1. The van der Waals surface area contributed by atoms with Crippen molar-refractivity contribution in [2.45, 2.75) is 31.9 Å². The average molecular weight is 334 g/mol. The van der Waals surface area contributed by atoms with Gasteiger partial charge in [-0.2, -0.15) is 0 Å². The summed E-state index contributed by atoms with van der Waals surface area (Å²) in [5.41, 5.74) is 0.858. The fourth-order valence-electron chi connectivity index (χ4n) is 2.75. The van der Waals surface area contributed by atoms with Crippen LogP contribution in [0, 0.1) is 0 Å². The van der Waals surface area contributed by atoms with Crippen molar-refractivity contribution in [1.82, 2.24) is 10.2 Å². The first kappa shape index (κ1) is 17.9. The molecule has 0 saturated carbocycles. The predicted molar refractivity (Wildman–Crippen MR) is 86.2 cm³/mol. The number of carboxylic acids is 1. The molecule has 0 spiro atoms. The Bertz CT molecular complexity index is 590. The zero-order chi connectivity index (χ0) is 17.5. The van der Waals surface area contributed by atoms with Crippen LogP contribution in [0.1, 0.15) is 31.4 Å². The number of aliphatic carboxylic acids is 1. The fourth-order valence-corrected chi connectivity index (χ4v) is 2.75. The van der Waals surface area contributed by atoms with Crippen molar-refractivity contribution < 1.29 is 24.2 Å². The van der Waals surface area contributed by atoms with Crippen molar-refractivity contribution in [3.8, 4) is 0 Å². The second-order valence-corrected chi connectivity index (χ2v) is 5.80. The van der Waals surface area contributed by atoms with Crippen LogP contribution in [0.3, 0.4) is 0 Å². The van der Waals surface area contributed by atoms with E-state index in [0.717, 1.165) is 5.56 Å². The zero-order valence-corrected chi connectivity index (χ0v) is 13.6. The maximum atomic E-state index is 12.6. The van der Waals surface area contributed by atoms with E-state index < -0.39 is 18.1 Å². The van der Waals surface area contributed by atoms with Gasteiger partial charge in [-0.1, -0.05) is 30.3 Å². The van der Waals surface area contributed by atoms with Crippen molar-refractivity contribution in [3.05, 3.63) is 35.9 Å². The molecule has 0 radical (unpaired) electrons. The van der Waals surface area contributed by atoms with Crippen molar-refractivity contribution in [2.24, 2.45) is 0 Å². The third-order valence-electron chi connectivity index (χ3n) is 3.85. The molecule has 130 valence electrons. The van der Waals surface area contributed by atoms with Gasteiger partial charge in [0.05, 0.1) is 31.6 Å². The zero-order valence-electron chi connectivity index (χ0n) is 13.6. The van der Waals surface area contributed by atoms with Crippen molar-refractivity contribution >= 4 is 17.8 Å². The van der Waals surface area contributed by atoms with E-state index in [2.05, 4.69) is 5.32 Å². The Balaban J connectivity index is 2.01. The van der Waals surface area contributed by atoms with Crippen LogP contribution in [-0.4, -0.2) is 53.6 Å². The first-order valence-electron chi connectivity index (χ1n) is 7.89. The van der Waals surface area contributed by atoms with Gasteiger partial charge in [-0.15, -0.1) is 0 Å². The second kappa shape index (κ2) is 8.44. The van der Waals surface area contributed by atoms with Gasteiger partial charge in [0.1, 0.15) is 0 Å². The van der Waals surface area contributed by atoms with Crippen LogP contribution < -0.4 is 5.32 Å². The van der Waals surface area contributed by atoms with Gasteiger partial charge in [-0.25, -0.2) is 0 Å². The Morgan fingerprint density at radius 2 is 2.04 bits per heavy atom. The minimum Gasteiger partial charge on any atom is -0.481 e. The third kappa shape index (κ3) is 5.34. The number of amides is 2. The summed E-state index contributed by atoms with van der Waals surface area (Å²) in [5.74, 6) is -1.28. The molecule has 2 atom stereocenters. The van der Waals surface area contributed by atoms with Crippen LogP contribution in [0.4, 0.5) is 0 Å². The number of ether oxygens (including phenoxy) is 1. The summed E-state index contributed by atoms with van der Waals surface area (Å²) in [6.45, 7) is 2.42. The molecule has 1 aliphatic rings. The number of rotatable bonds is 6. The summed E-state index contributed by atoms with van der Waals surface area (Å²) < 4.78 is 5.38. The molecule has 1 fully saturated rings. The number of morpholine rings is 1. The van der Waals surface area contributed by atoms with E-state index in [-0.39, 0.29) is 31.2 Å². The first-order valence-corrected chi connectivity index (χ1v) is 7.89. The largest absolute Gasteiger partial charge is 0.481 e. The van der Waals surface area contributed by atoms with Gasteiger partial charge in [0.2, 0.25) is 11.8 Å². The van der Waals surface area contributed by atoms with Crippen LogP contribution in [0.25, 0.3) is 0 Å². The number of carbonyl (C=O) groups excluding carboxylic acids is 2. The van der Waals surface area contributed by atoms with Gasteiger partial charge >= 0.3 is 5.97 Å². The molecule has 2 N–H and O–H groups in total. The highest BCUT2D eigenvalue weighted by Gasteiger charge is 2.28. The van der Waals surface area contributed by atoms with E-state index in [1.807, 2.05) is 30.3 Å². The Morgan fingerprint density at radius 1 is 1.33 bits per heavy atom. The molecule has 2 rings (SSSR count). The van der Waals surface area contributed by atoms with Crippen molar-refractivity contribution in [3.63, 3.8) is 0 Å². The summed E-state index contributed by atoms with van der Waals surface area (Å²) >= 11 is 0. The molecule has 24 heavy (non-hydrogen) atoms. The topological polar surface area (TPSA) is 95.9 Å². The normalized spacial score (nSPS) is 18.7. The molecule has 1 heterocycles. The van der Waals surface area contributed by atoms with E-state index in [9.17, 15) is 14.4 Å². The lowest BCUT2D eigenvalue weighted by molar-refractivity contribution is -0.148. The van der Waals surface area contributed by atoms with Gasteiger partial charge in [-0.3, -0.25) is 14.4 Å². The highest BCUT2D eigenvalue weighted by molar-refractivity contribution is 5.79. The Hall–Kier alpha value is -2.41. The monoisotopic (exact) mass is 334 g/mol. The molecule has 1 aromatic rings. The highest BCUT2D eigenvalue weighted by Crippen LogP contribution is 2.19. The number of carboxylic acid groups (broad SMARTS) is 1. The molecular formula is C17H22N2O5. The Kier molecular flexibility index (Phi) is 6.31. The van der Waals surface area contributed by atoms with Gasteiger partial charge in [0.25, 0.3) is 0 Å². The van der Waals surface area contributed by atoms with Crippen LogP contribution in [0.15, 0.2) is 30.3 Å². The van der Waals surface area contributed by atoms with Gasteiger partial charge in [-0.05, 0) is 5.56 Å². The van der Waals surface area contributed by atoms with E-state index in [4.69, 9.17) is 9.84 Å². The Morgan fingerprint density at radius 3 is 2.67 bits per heavy atom. The SMILES string of the molecule is CC(=O)N[C@@H](CC(=O)N1CCO[C@H](CC(=O)O)C1)c1ccccc1. The summed E-state index contributed by atoms with van der Waals surface area (Å²) in [7, 11) is 0. The molecule has 0 aliphatic carbocycles. The van der Waals surface area contributed by atoms with Gasteiger partial charge in [0.15, 0.2) is 0 Å². The number of hydrogen-bond acceptors (Lipinski definition) is 4. The van der Waals surface area contributed by atoms with E-state index >= 15 is 0 Å². The van der Waals surface area contributed by atoms with Crippen molar-refractivity contribution in [1.29, 1.82) is 0 Å². The molecular weight excluding hydrogens is 312 g/mol. The number of nitrogens with one attached hydrogen (secondary N) is 1. The quantitative estimate of drug-likeness (QED) is 0.808. The maximum Gasteiger partial charge on any atom is 0.306 e. The minimum atomic E-state index is -0.949. The molecule has 1 aliphatic heterocycles. The minimum absolute atomic E-state index is 0.127. The fraction of sp³-hybridized carbons (Fsp3) is 0.471. The summed E-state index contributed by atoms with van der Waals surface area (Å²) in [6.07, 6.45) is -0.489. The molecule has 2 amide bonds. The lowest BCUT2D eigenvalue weighted by Gasteiger charge is -2.33. The number of hydrogen-bond donors (Lipinski definition) is 2. The first-order chi connectivity index (χ1) is 11.5. The van der Waals surface area contributed by atoms with E-state index in [1.165, 1.54) is 6.92 Å². The lowest BCUT2D eigenvalue weighted by Crippen LogP contribution is -2.47. The maximum absolute atomic E-state index is 12.6. The third-order valence-corrected chi connectivity index (χ3v) is 3.85. The van der Waals surface area contributed by atoms with Crippen LogP contribution in [0.2, 0.25) is 0 Å². The molecule has 1 aromatic carbocycles. The summed E-state index contributed by atoms with van der Waals surface area (Å²) in [6, 6.07) is 8.89. The lowest BCUT2D eigenvalue weighted by atomic mass is 10.0. The average Bonchev–Trinajstić information content (AvgIpc) is 2.54. The molecule has 7 heteroatoms. The summed E-state index contributed by atoms with van der Waals surface area (Å²) in [4.78, 5) is 36.4. The smallest absolute Gasteiger partial charge is 0.306 e. The molecule has 0 bridgehead atoms. The van der Waals surface area contributed by atoms with Crippen LogP contribution >= 0.6 is 0 Å². The molecule has 1 saturated heterocycles. The Labute approximate surface area is 140 Å². The van der Waals surface area contributed by atoms with Crippen LogP contribution in [-0.2, 0) is 19.1 Å². The standard InChI is InChI=1S/C17H22N2O5/c1-12(20)18-15(13-5-3-2-4-6-13)10-16(21)19-7-8-24-14(11-19)9-17(22)23/h2-6,14-15H,7-11H2,1H3,(H,18,20)(H,22,23)/t14-,15+/m1/s1. The molecule has 7 nitrogen and oxygen atoms in total. The second-order valence-electron chi connectivity index (χ2n) is 5.80. The predicted octanol–water partition coefficient (Wildman–Crippen LogP) is 0.956. The van der Waals surface area contributed by atoms with Crippen molar-refractivity contribution in [2.75, 3.05) is 19.7 Å². The van der Waals surface area contributed by atoms with E-state index in [1.54, 1.807) is 4.90 Å². The summed E-state index contributed by atoms with van der Waals surface area (Å²) in [5, 5.41) is 11.7. The van der Waals surface area contributed by atoms with E-state index in [0.29, 0.717) is 13.2 Å². The highest BCUT2D eigenvalue weighted by atomic mass is 16.5. The van der Waals surface area contributed by atoms with Gasteiger partial charge in [0, 0.05) is 20.0 Å². The van der Waals surface area contributed by atoms with Crippen LogP contribution in [0.5, 0.6) is 0 Å². The molecule has 0 aromatic heterocycles. The number of nitrogens with zero attached hydrogens (tertiary/aromatic N) is 1. The van der Waals surface area contributed by atoms with Gasteiger partial charge < -0.3 is 20.1 Å².